The van der Waals surface area contributed by atoms with E-state index in [9.17, 15) is 14.4 Å². The van der Waals surface area contributed by atoms with Crippen LogP contribution in [-0.4, -0.2) is 36.8 Å². The maximum Gasteiger partial charge on any atom is 0.338 e. The largest absolute Gasteiger partial charge is 0.497 e. The first kappa shape index (κ1) is 28.8. The zero-order chi connectivity index (χ0) is 29.0. The predicted molar refractivity (Wildman–Crippen MR) is 151 cm³/mol. The summed E-state index contributed by atoms with van der Waals surface area (Å²) in [5.41, 5.74) is 1.77. The molecule has 1 aliphatic rings. The zero-order valence-electron chi connectivity index (χ0n) is 23.3. The van der Waals surface area contributed by atoms with Gasteiger partial charge in [-0.3, -0.25) is 14.2 Å². The van der Waals surface area contributed by atoms with Gasteiger partial charge in [0.2, 0.25) is 0 Å². The standard InChI is InChI=1S/C30H32N2O7S/c1-7-37-24-15-21(11-12-23(24)39-19(5)33)27-26(29(35)38-16-17(2)3)18(4)31-30-32(27)28(34)25(40-30)14-20-9-8-10-22(13-20)36-6/h8-15,17,27H,7,16H2,1-6H3/b25-14+. The lowest BCUT2D eigenvalue weighted by Crippen LogP contribution is -2.40. The number of nitrogens with zero attached hydrogens (tertiary/aromatic N) is 2. The van der Waals surface area contributed by atoms with E-state index in [1.807, 2.05) is 45.0 Å². The molecular weight excluding hydrogens is 532 g/mol. The molecule has 2 heterocycles. The Morgan fingerprint density at radius 1 is 1.15 bits per heavy atom. The van der Waals surface area contributed by atoms with Crippen LogP contribution in [0.5, 0.6) is 17.2 Å². The normalized spacial score (nSPS) is 15.0. The minimum atomic E-state index is -0.839. The van der Waals surface area contributed by atoms with Crippen molar-refractivity contribution < 1.29 is 28.5 Å². The van der Waals surface area contributed by atoms with Crippen LogP contribution in [0.1, 0.15) is 51.8 Å². The molecule has 0 amide bonds. The van der Waals surface area contributed by atoms with E-state index in [2.05, 4.69) is 4.99 Å². The van der Waals surface area contributed by atoms with Crippen LogP contribution in [0, 0.1) is 5.92 Å². The number of benzene rings is 2. The molecule has 10 heteroatoms. The van der Waals surface area contributed by atoms with Crippen LogP contribution in [0.4, 0.5) is 0 Å². The summed E-state index contributed by atoms with van der Waals surface area (Å²) in [6.45, 7) is 9.28. The lowest BCUT2D eigenvalue weighted by atomic mass is 9.95. The summed E-state index contributed by atoms with van der Waals surface area (Å²) in [4.78, 5) is 44.1. The second kappa shape index (κ2) is 12.3. The molecule has 3 aromatic rings. The first-order valence-corrected chi connectivity index (χ1v) is 13.7. The minimum absolute atomic E-state index is 0.125. The summed E-state index contributed by atoms with van der Waals surface area (Å²) in [6, 6.07) is 11.5. The molecule has 0 radical (unpaired) electrons. The van der Waals surface area contributed by atoms with Crippen molar-refractivity contribution in [2.45, 2.75) is 40.7 Å². The smallest absolute Gasteiger partial charge is 0.338 e. The van der Waals surface area contributed by atoms with Crippen molar-refractivity contribution in [2.75, 3.05) is 20.3 Å². The number of carbonyl (C=O) groups is 2. The second-order valence-electron chi connectivity index (χ2n) is 9.58. The van der Waals surface area contributed by atoms with Gasteiger partial charge in [-0.15, -0.1) is 0 Å². The van der Waals surface area contributed by atoms with E-state index in [4.69, 9.17) is 18.9 Å². The number of thiazole rings is 1. The third-order valence-electron chi connectivity index (χ3n) is 6.02. The van der Waals surface area contributed by atoms with Gasteiger partial charge in [0.1, 0.15) is 5.75 Å². The quantitative estimate of drug-likeness (QED) is 0.288. The van der Waals surface area contributed by atoms with Crippen LogP contribution in [0.3, 0.4) is 0 Å². The summed E-state index contributed by atoms with van der Waals surface area (Å²) in [7, 11) is 1.58. The van der Waals surface area contributed by atoms with E-state index in [-0.39, 0.29) is 29.4 Å². The fourth-order valence-electron chi connectivity index (χ4n) is 4.30. The summed E-state index contributed by atoms with van der Waals surface area (Å²) in [5.74, 6) is 0.310. The van der Waals surface area contributed by atoms with E-state index >= 15 is 0 Å². The maximum absolute atomic E-state index is 13.9. The van der Waals surface area contributed by atoms with E-state index in [0.717, 1.165) is 5.56 Å². The number of carbonyl (C=O) groups excluding carboxylic acids is 2. The van der Waals surface area contributed by atoms with Crippen LogP contribution in [0.2, 0.25) is 0 Å². The highest BCUT2D eigenvalue weighted by molar-refractivity contribution is 7.07. The van der Waals surface area contributed by atoms with Gasteiger partial charge in [0.15, 0.2) is 16.3 Å². The summed E-state index contributed by atoms with van der Waals surface area (Å²) >= 11 is 1.23. The molecule has 0 aliphatic carbocycles. The molecule has 0 fully saturated rings. The number of ether oxygens (including phenoxy) is 4. The van der Waals surface area contributed by atoms with E-state index in [0.29, 0.717) is 38.7 Å². The first-order chi connectivity index (χ1) is 19.1. The number of allylic oxidation sites excluding steroid dienone is 1. The number of fused-ring (bicyclic) bond motifs is 1. The lowest BCUT2D eigenvalue weighted by molar-refractivity contribution is -0.140. The highest BCUT2D eigenvalue weighted by atomic mass is 32.1. The van der Waals surface area contributed by atoms with Gasteiger partial charge >= 0.3 is 11.9 Å². The number of hydrogen-bond donors (Lipinski definition) is 0. The van der Waals surface area contributed by atoms with Crippen LogP contribution < -0.4 is 29.1 Å². The van der Waals surface area contributed by atoms with Gasteiger partial charge in [-0.05, 0) is 61.2 Å². The molecule has 1 aromatic heterocycles. The Balaban J connectivity index is 1.93. The van der Waals surface area contributed by atoms with Crippen molar-refractivity contribution >= 4 is 29.4 Å². The lowest BCUT2D eigenvalue weighted by Gasteiger charge is -2.25. The van der Waals surface area contributed by atoms with Crippen LogP contribution in [-0.2, 0) is 14.3 Å². The summed E-state index contributed by atoms with van der Waals surface area (Å²) in [6.07, 6.45) is 1.77. The molecule has 210 valence electrons. The third-order valence-corrected chi connectivity index (χ3v) is 7.00. The highest BCUT2D eigenvalue weighted by Crippen LogP contribution is 2.36. The average Bonchev–Trinajstić information content (AvgIpc) is 3.21. The van der Waals surface area contributed by atoms with Crippen molar-refractivity contribution in [3.63, 3.8) is 0 Å². The molecule has 0 saturated heterocycles. The summed E-state index contributed by atoms with van der Waals surface area (Å²) in [5, 5.41) is 0. The Hall–Kier alpha value is -4.18. The highest BCUT2D eigenvalue weighted by Gasteiger charge is 2.34. The third kappa shape index (κ3) is 6.17. The van der Waals surface area contributed by atoms with Crippen molar-refractivity contribution in [3.05, 3.63) is 84.5 Å². The molecule has 1 atom stereocenters. The fourth-order valence-corrected chi connectivity index (χ4v) is 5.35. The monoisotopic (exact) mass is 564 g/mol. The number of rotatable bonds is 9. The number of hydrogen-bond acceptors (Lipinski definition) is 9. The molecule has 40 heavy (non-hydrogen) atoms. The Morgan fingerprint density at radius 2 is 1.93 bits per heavy atom. The van der Waals surface area contributed by atoms with Crippen LogP contribution in [0.15, 0.2) is 63.5 Å². The number of aromatic nitrogens is 1. The minimum Gasteiger partial charge on any atom is -0.497 e. The fraction of sp³-hybridized carbons (Fsp3) is 0.333. The zero-order valence-corrected chi connectivity index (χ0v) is 24.2. The molecule has 0 N–H and O–H groups in total. The van der Waals surface area contributed by atoms with Crippen molar-refractivity contribution in [1.82, 2.24) is 4.57 Å². The molecule has 4 rings (SSSR count). The van der Waals surface area contributed by atoms with E-state index < -0.39 is 18.0 Å². The Morgan fingerprint density at radius 3 is 2.60 bits per heavy atom. The number of methoxy groups -OCH3 is 1. The summed E-state index contributed by atoms with van der Waals surface area (Å²) < 4.78 is 24.0. The Bertz CT molecular complexity index is 1650. The first-order valence-electron chi connectivity index (χ1n) is 12.9. The van der Waals surface area contributed by atoms with E-state index in [1.165, 1.54) is 22.8 Å². The molecule has 0 bridgehead atoms. The maximum atomic E-state index is 13.9. The molecule has 2 aromatic carbocycles. The molecule has 0 spiro atoms. The topological polar surface area (TPSA) is 105 Å². The van der Waals surface area contributed by atoms with Crippen LogP contribution in [0.25, 0.3) is 6.08 Å². The SMILES string of the molecule is CCOc1cc(C2C(C(=O)OCC(C)C)=C(C)N=c3s/c(=C/c4cccc(OC)c4)c(=O)n32)ccc1OC(C)=O. The van der Waals surface area contributed by atoms with Gasteiger partial charge in [-0.1, -0.05) is 43.4 Å². The van der Waals surface area contributed by atoms with Crippen LogP contribution >= 0.6 is 11.3 Å². The van der Waals surface area contributed by atoms with Gasteiger partial charge < -0.3 is 18.9 Å². The van der Waals surface area contributed by atoms with Crippen molar-refractivity contribution in [3.8, 4) is 17.2 Å². The molecular formula is C30H32N2O7S. The second-order valence-corrected chi connectivity index (χ2v) is 10.6. The van der Waals surface area contributed by atoms with Gasteiger partial charge in [-0.25, -0.2) is 9.79 Å². The van der Waals surface area contributed by atoms with Gasteiger partial charge in [-0.2, -0.15) is 0 Å². The Kier molecular flexibility index (Phi) is 8.89. The molecule has 9 nitrogen and oxygen atoms in total. The van der Waals surface area contributed by atoms with Gasteiger partial charge in [0.25, 0.3) is 5.56 Å². The van der Waals surface area contributed by atoms with Crippen molar-refractivity contribution in [1.29, 1.82) is 0 Å². The predicted octanol–water partition coefficient (Wildman–Crippen LogP) is 3.77. The average molecular weight is 565 g/mol. The molecule has 1 unspecified atom stereocenters. The number of esters is 2. The Labute approximate surface area is 236 Å². The van der Waals surface area contributed by atoms with Crippen molar-refractivity contribution in [2.24, 2.45) is 10.9 Å². The molecule has 1 aliphatic heterocycles. The van der Waals surface area contributed by atoms with Gasteiger partial charge in [0, 0.05) is 6.92 Å². The van der Waals surface area contributed by atoms with Gasteiger partial charge in [0.05, 0.1) is 42.2 Å². The molecule has 0 saturated carbocycles. The van der Waals surface area contributed by atoms with E-state index in [1.54, 1.807) is 38.3 Å².